The first-order valence-corrected chi connectivity index (χ1v) is 7.32. The van der Waals surface area contributed by atoms with Crippen LogP contribution in [0, 0.1) is 5.82 Å². The van der Waals surface area contributed by atoms with Crippen LogP contribution in [0.3, 0.4) is 0 Å². The summed E-state index contributed by atoms with van der Waals surface area (Å²) in [5.41, 5.74) is 0.453. The van der Waals surface area contributed by atoms with Gasteiger partial charge in [-0.15, -0.1) is 0 Å². The van der Waals surface area contributed by atoms with Gasteiger partial charge in [0.05, 0.1) is 7.11 Å². The van der Waals surface area contributed by atoms with Gasteiger partial charge in [0.15, 0.2) is 11.6 Å². The molecule has 0 radical (unpaired) electrons. The standard InChI is InChI=1S/C16H23FN2O2/c1-18-9-5-4-6-13(18)11-19(2)16(20)12-7-8-14(17)15(10-12)21-3/h7-8,10,13H,4-6,9,11H2,1-3H3. The number of hydrogen-bond acceptors (Lipinski definition) is 3. The quantitative estimate of drug-likeness (QED) is 0.855. The Kier molecular flexibility index (Phi) is 5.17. The maximum atomic E-state index is 13.4. The first-order chi connectivity index (χ1) is 10.0. The molecular weight excluding hydrogens is 271 g/mol. The molecule has 4 nitrogen and oxygen atoms in total. The molecule has 0 spiro atoms. The highest BCUT2D eigenvalue weighted by molar-refractivity contribution is 5.94. The van der Waals surface area contributed by atoms with Gasteiger partial charge in [0.1, 0.15) is 0 Å². The van der Waals surface area contributed by atoms with Crippen LogP contribution < -0.4 is 4.74 Å². The van der Waals surface area contributed by atoms with E-state index >= 15 is 0 Å². The molecule has 1 fully saturated rings. The zero-order valence-electron chi connectivity index (χ0n) is 12.9. The number of carbonyl (C=O) groups excluding carboxylic acids is 1. The molecule has 1 aromatic carbocycles. The Hall–Kier alpha value is -1.62. The molecule has 0 saturated carbocycles. The lowest BCUT2D eigenvalue weighted by atomic mass is 10.0. The number of likely N-dealkylation sites (tertiary alicyclic amines) is 1. The van der Waals surface area contributed by atoms with Crippen LogP contribution in [0.25, 0.3) is 0 Å². The zero-order valence-corrected chi connectivity index (χ0v) is 12.9. The number of benzene rings is 1. The van der Waals surface area contributed by atoms with Crippen LogP contribution >= 0.6 is 0 Å². The molecule has 0 aromatic heterocycles. The second-order valence-corrected chi connectivity index (χ2v) is 5.67. The first kappa shape index (κ1) is 15.8. The Bertz CT molecular complexity index is 507. The van der Waals surface area contributed by atoms with Gasteiger partial charge in [-0.2, -0.15) is 0 Å². The first-order valence-electron chi connectivity index (χ1n) is 7.32. The number of methoxy groups -OCH3 is 1. The number of carbonyl (C=O) groups is 1. The summed E-state index contributed by atoms with van der Waals surface area (Å²) in [4.78, 5) is 16.4. The van der Waals surface area contributed by atoms with Crippen LogP contribution in [0.1, 0.15) is 29.6 Å². The van der Waals surface area contributed by atoms with Gasteiger partial charge in [-0.25, -0.2) is 4.39 Å². The smallest absolute Gasteiger partial charge is 0.253 e. The van der Waals surface area contributed by atoms with E-state index in [0.717, 1.165) is 13.0 Å². The van der Waals surface area contributed by atoms with E-state index in [1.165, 1.54) is 38.2 Å². The Morgan fingerprint density at radius 3 is 2.90 bits per heavy atom. The lowest BCUT2D eigenvalue weighted by Gasteiger charge is -2.35. The summed E-state index contributed by atoms with van der Waals surface area (Å²) in [6.07, 6.45) is 3.54. The summed E-state index contributed by atoms with van der Waals surface area (Å²) in [5, 5.41) is 0. The van der Waals surface area contributed by atoms with Crippen molar-refractivity contribution in [2.75, 3.05) is 34.3 Å². The van der Waals surface area contributed by atoms with Crippen LogP contribution in [0.5, 0.6) is 5.75 Å². The van der Waals surface area contributed by atoms with Crippen molar-refractivity contribution in [2.45, 2.75) is 25.3 Å². The van der Waals surface area contributed by atoms with Gasteiger partial charge in [0, 0.05) is 25.2 Å². The molecule has 1 atom stereocenters. The highest BCUT2D eigenvalue weighted by Gasteiger charge is 2.23. The fraction of sp³-hybridized carbons (Fsp3) is 0.562. The van der Waals surface area contributed by atoms with Crippen molar-refractivity contribution in [1.82, 2.24) is 9.80 Å². The SMILES string of the molecule is COc1cc(C(=O)N(C)CC2CCCCN2C)ccc1F. The monoisotopic (exact) mass is 294 g/mol. The number of rotatable bonds is 4. The van der Waals surface area contributed by atoms with E-state index in [0.29, 0.717) is 18.2 Å². The highest BCUT2D eigenvalue weighted by Crippen LogP contribution is 2.20. The largest absolute Gasteiger partial charge is 0.494 e. The molecule has 116 valence electrons. The summed E-state index contributed by atoms with van der Waals surface area (Å²) in [5.74, 6) is -0.458. The van der Waals surface area contributed by atoms with E-state index in [2.05, 4.69) is 11.9 Å². The molecule has 5 heteroatoms. The summed E-state index contributed by atoms with van der Waals surface area (Å²) in [7, 11) is 5.29. The summed E-state index contributed by atoms with van der Waals surface area (Å²) < 4.78 is 18.3. The second kappa shape index (κ2) is 6.89. The predicted octanol–water partition coefficient (Wildman–Crippen LogP) is 2.39. The van der Waals surface area contributed by atoms with Crippen LogP contribution in [0.15, 0.2) is 18.2 Å². The molecule has 1 aromatic rings. The van der Waals surface area contributed by atoms with E-state index in [1.807, 2.05) is 0 Å². The van der Waals surface area contributed by atoms with Gasteiger partial charge in [-0.1, -0.05) is 6.42 Å². The molecule has 2 rings (SSSR count). The number of nitrogens with zero attached hydrogens (tertiary/aromatic N) is 2. The zero-order chi connectivity index (χ0) is 15.4. The van der Waals surface area contributed by atoms with Crippen LogP contribution in [0.2, 0.25) is 0 Å². The number of ether oxygens (including phenoxy) is 1. The summed E-state index contributed by atoms with van der Waals surface area (Å²) in [6, 6.07) is 4.63. The van der Waals surface area contributed by atoms with E-state index in [9.17, 15) is 9.18 Å². The summed E-state index contributed by atoms with van der Waals surface area (Å²) >= 11 is 0. The number of halogens is 1. The molecule has 1 aliphatic heterocycles. The van der Waals surface area contributed by atoms with Gasteiger partial charge >= 0.3 is 0 Å². The Morgan fingerprint density at radius 1 is 1.48 bits per heavy atom. The van der Waals surface area contributed by atoms with Crippen molar-refractivity contribution in [3.63, 3.8) is 0 Å². The van der Waals surface area contributed by atoms with Gasteiger partial charge in [-0.05, 0) is 44.6 Å². The van der Waals surface area contributed by atoms with E-state index < -0.39 is 5.82 Å². The average molecular weight is 294 g/mol. The molecule has 1 aliphatic rings. The van der Waals surface area contributed by atoms with Crippen LogP contribution in [-0.2, 0) is 0 Å². The van der Waals surface area contributed by atoms with Gasteiger partial charge < -0.3 is 14.5 Å². The normalized spacial score (nSPS) is 19.3. The molecule has 0 N–H and O–H groups in total. The highest BCUT2D eigenvalue weighted by atomic mass is 19.1. The van der Waals surface area contributed by atoms with Crippen molar-refractivity contribution in [3.8, 4) is 5.75 Å². The number of amides is 1. The molecule has 1 heterocycles. The fourth-order valence-corrected chi connectivity index (χ4v) is 2.79. The molecule has 0 bridgehead atoms. The minimum Gasteiger partial charge on any atom is -0.494 e. The molecular formula is C16H23FN2O2. The number of likely N-dealkylation sites (N-methyl/N-ethyl adjacent to an activating group) is 2. The van der Waals surface area contributed by atoms with E-state index in [1.54, 1.807) is 11.9 Å². The molecule has 1 unspecified atom stereocenters. The lowest BCUT2D eigenvalue weighted by molar-refractivity contribution is 0.0716. The third-order valence-corrected chi connectivity index (χ3v) is 4.15. The van der Waals surface area contributed by atoms with E-state index in [-0.39, 0.29) is 11.7 Å². The molecule has 21 heavy (non-hydrogen) atoms. The van der Waals surface area contributed by atoms with Crippen molar-refractivity contribution in [2.24, 2.45) is 0 Å². The third kappa shape index (κ3) is 3.73. The topological polar surface area (TPSA) is 32.8 Å². The van der Waals surface area contributed by atoms with Crippen LogP contribution in [-0.4, -0.2) is 56.0 Å². The maximum absolute atomic E-state index is 13.4. The molecule has 1 saturated heterocycles. The number of piperidine rings is 1. The van der Waals surface area contributed by atoms with Gasteiger partial charge in [-0.3, -0.25) is 4.79 Å². The van der Waals surface area contributed by atoms with Crippen molar-refractivity contribution in [1.29, 1.82) is 0 Å². The minimum atomic E-state index is -0.455. The Morgan fingerprint density at radius 2 is 2.24 bits per heavy atom. The van der Waals surface area contributed by atoms with Crippen molar-refractivity contribution < 1.29 is 13.9 Å². The summed E-state index contributed by atoms with van der Waals surface area (Å²) in [6.45, 7) is 1.77. The maximum Gasteiger partial charge on any atom is 0.253 e. The Balaban J connectivity index is 2.04. The fourth-order valence-electron chi connectivity index (χ4n) is 2.79. The minimum absolute atomic E-state index is 0.101. The second-order valence-electron chi connectivity index (χ2n) is 5.67. The lowest BCUT2D eigenvalue weighted by Crippen LogP contribution is -2.45. The average Bonchev–Trinajstić information content (AvgIpc) is 2.49. The van der Waals surface area contributed by atoms with E-state index in [4.69, 9.17) is 4.74 Å². The predicted molar refractivity (Wildman–Crippen MR) is 80.2 cm³/mol. The molecule has 1 amide bonds. The Labute approximate surface area is 125 Å². The van der Waals surface area contributed by atoms with Gasteiger partial charge in [0.2, 0.25) is 0 Å². The number of hydrogen-bond donors (Lipinski definition) is 0. The van der Waals surface area contributed by atoms with Crippen molar-refractivity contribution in [3.05, 3.63) is 29.6 Å². The third-order valence-electron chi connectivity index (χ3n) is 4.15. The van der Waals surface area contributed by atoms with Gasteiger partial charge in [0.25, 0.3) is 5.91 Å². The van der Waals surface area contributed by atoms with Crippen LogP contribution in [0.4, 0.5) is 4.39 Å². The molecule has 0 aliphatic carbocycles. The van der Waals surface area contributed by atoms with Crippen molar-refractivity contribution >= 4 is 5.91 Å².